The molecule has 0 rings (SSSR count). The van der Waals surface area contributed by atoms with Gasteiger partial charge in [-0.3, -0.25) is 4.79 Å². The van der Waals surface area contributed by atoms with Gasteiger partial charge in [0.15, 0.2) is 6.10 Å². The molecule has 5 nitrogen and oxygen atoms in total. The molecule has 16 heavy (non-hydrogen) atoms. The summed E-state index contributed by atoms with van der Waals surface area (Å²) in [6.07, 6.45) is -2.60. The zero-order valence-electron chi connectivity index (χ0n) is 18.0. The van der Waals surface area contributed by atoms with E-state index in [1.54, 1.807) is 6.92 Å². The molecular formula is C11H21NO4. The van der Waals surface area contributed by atoms with Gasteiger partial charge in [-0.05, 0) is 6.42 Å². The zero-order chi connectivity index (χ0) is 20.3. The van der Waals surface area contributed by atoms with E-state index in [2.05, 4.69) is 0 Å². The second-order valence-electron chi connectivity index (χ2n) is 3.43. The van der Waals surface area contributed by atoms with Crippen molar-refractivity contribution in [3.05, 3.63) is 0 Å². The number of carboxylic acids is 1. The third-order valence-electron chi connectivity index (χ3n) is 1.62. The Morgan fingerprint density at radius 3 is 2.50 bits per heavy atom. The highest BCUT2D eigenvalue weighted by atomic mass is 16.5. The van der Waals surface area contributed by atoms with Crippen LogP contribution in [0.4, 0.5) is 0 Å². The van der Waals surface area contributed by atoms with E-state index in [1.807, 2.05) is 0 Å². The number of aliphatic carboxylic acids is 1. The average Bonchev–Trinajstić information content (AvgIpc) is 2.30. The van der Waals surface area contributed by atoms with Crippen molar-refractivity contribution in [2.75, 3.05) is 27.5 Å². The Morgan fingerprint density at radius 2 is 2.06 bits per heavy atom. The summed E-state index contributed by atoms with van der Waals surface area (Å²) in [6.45, 7) is -10.3. The first kappa shape index (κ1) is 5.49. The largest absolute Gasteiger partial charge is 0.550 e. The van der Waals surface area contributed by atoms with E-state index in [9.17, 15) is 14.7 Å². The number of carbonyl (C=O) groups excluding carboxylic acids is 2. The van der Waals surface area contributed by atoms with Crippen LogP contribution in [0.3, 0.4) is 0 Å². The molecule has 0 aliphatic heterocycles. The summed E-state index contributed by atoms with van der Waals surface area (Å²) in [4.78, 5) is 22.5. The van der Waals surface area contributed by atoms with Crippen LogP contribution in [-0.2, 0) is 14.3 Å². The summed E-state index contributed by atoms with van der Waals surface area (Å²) in [6, 6.07) is 0. The monoisotopic (exact) mass is 240 g/mol. The fraction of sp³-hybridized carbons (Fsp3) is 0.818. The van der Waals surface area contributed by atoms with Gasteiger partial charge < -0.3 is 19.1 Å². The highest BCUT2D eigenvalue weighted by Gasteiger charge is 2.21. The molecule has 0 aliphatic rings. The van der Waals surface area contributed by atoms with Gasteiger partial charge in [-0.25, -0.2) is 0 Å². The van der Waals surface area contributed by atoms with E-state index in [4.69, 9.17) is 17.1 Å². The topological polar surface area (TPSA) is 66.4 Å². The van der Waals surface area contributed by atoms with E-state index in [-0.39, 0.29) is 6.42 Å². The van der Waals surface area contributed by atoms with Crippen molar-refractivity contribution >= 4 is 11.9 Å². The summed E-state index contributed by atoms with van der Waals surface area (Å²) < 4.78 is 69.6. The van der Waals surface area contributed by atoms with Crippen molar-refractivity contribution in [3.8, 4) is 0 Å². The van der Waals surface area contributed by atoms with Crippen LogP contribution < -0.4 is 5.11 Å². The van der Waals surface area contributed by atoms with Crippen molar-refractivity contribution in [3.63, 3.8) is 0 Å². The lowest BCUT2D eigenvalue weighted by Gasteiger charge is -2.29. The first-order chi connectivity index (χ1) is 11.0. The molecular weight excluding hydrogens is 210 g/mol. The molecule has 0 aromatic carbocycles. The molecule has 0 aromatic heterocycles. The van der Waals surface area contributed by atoms with Gasteiger partial charge >= 0.3 is 5.97 Å². The highest BCUT2D eigenvalue weighted by molar-refractivity contribution is 5.70. The van der Waals surface area contributed by atoms with Gasteiger partial charge in [-0.1, -0.05) is 6.92 Å². The van der Waals surface area contributed by atoms with Gasteiger partial charge in [0.1, 0.15) is 6.54 Å². The van der Waals surface area contributed by atoms with Crippen LogP contribution in [0.2, 0.25) is 0 Å². The second-order valence-corrected chi connectivity index (χ2v) is 3.43. The van der Waals surface area contributed by atoms with Crippen LogP contribution in [-0.4, -0.2) is 50.0 Å². The Kier molecular flexibility index (Phi) is 2.22. The van der Waals surface area contributed by atoms with E-state index in [0.29, 0.717) is 6.42 Å². The van der Waals surface area contributed by atoms with Crippen LogP contribution in [0.25, 0.3) is 0 Å². The van der Waals surface area contributed by atoms with Gasteiger partial charge in [0, 0.05) is 18.8 Å². The van der Waals surface area contributed by atoms with Gasteiger partial charge in [0.25, 0.3) is 0 Å². The van der Waals surface area contributed by atoms with E-state index in [0.717, 1.165) is 0 Å². The summed E-state index contributed by atoms with van der Waals surface area (Å²) in [7, 11) is 0. The van der Waals surface area contributed by atoms with Gasteiger partial charge in [0.05, 0.1) is 33.3 Å². The van der Waals surface area contributed by atoms with E-state index in [1.165, 1.54) is 0 Å². The molecule has 0 heterocycles. The number of rotatable bonds is 7. The molecule has 5 heteroatoms. The van der Waals surface area contributed by atoms with Crippen molar-refractivity contribution in [2.45, 2.75) is 32.3 Å². The first-order valence-electron chi connectivity index (χ1n) is 9.27. The minimum atomic E-state index is -3.56. The van der Waals surface area contributed by atoms with E-state index < -0.39 is 56.4 Å². The highest BCUT2D eigenvalue weighted by Crippen LogP contribution is 2.06. The fourth-order valence-electron chi connectivity index (χ4n) is 1.08. The van der Waals surface area contributed by atoms with E-state index >= 15 is 0 Å². The summed E-state index contributed by atoms with van der Waals surface area (Å²) >= 11 is 0. The van der Waals surface area contributed by atoms with Gasteiger partial charge in [-0.2, -0.15) is 0 Å². The molecule has 0 amide bonds. The number of carboxylic acid groups (broad SMARTS) is 1. The lowest BCUT2D eigenvalue weighted by atomic mass is 10.2. The number of nitrogens with zero attached hydrogens (tertiary/aromatic N) is 1. The molecule has 0 N–H and O–H groups in total. The molecule has 0 saturated carbocycles. The standard InChI is InChI=1S/C11H21NO4/c1-5-6-11(15)16-9(7-10(13)14)8-12(2,3)4/h9H,5-8H2,1-4H3/t9-/m1/s1/i2D3,3D3,4D3. The minimum Gasteiger partial charge on any atom is -0.550 e. The zero-order valence-corrected chi connectivity index (χ0v) is 8.99. The molecule has 0 bridgehead atoms. The third-order valence-corrected chi connectivity index (χ3v) is 1.62. The molecule has 0 radical (unpaired) electrons. The summed E-state index contributed by atoms with van der Waals surface area (Å²) in [5.74, 6) is -2.64. The lowest BCUT2D eigenvalue weighted by Crippen LogP contribution is -2.45. The average molecular weight is 240 g/mol. The predicted octanol–water partition coefficient (Wildman–Crippen LogP) is -0.456. The maximum absolute atomic E-state index is 11.6. The van der Waals surface area contributed by atoms with Crippen LogP contribution in [0.1, 0.15) is 38.5 Å². The number of hydrogen-bond acceptors (Lipinski definition) is 4. The van der Waals surface area contributed by atoms with Gasteiger partial charge in [0.2, 0.25) is 0 Å². The van der Waals surface area contributed by atoms with Crippen molar-refractivity contribution in [2.24, 2.45) is 0 Å². The van der Waals surface area contributed by atoms with Crippen LogP contribution in [0, 0.1) is 0 Å². The quantitative estimate of drug-likeness (QED) is 0.446. The van der Waals surface area contributed by atoms with Crippen LogP contribution >= 0.6 is 0 Å². The van der Waals surface area contributed by atoms with Crippen LogP contribution in [0.5, 0.6) is 0 Å². The van der Waals surface area contributed by atoms with Crippen molar-refractivity contribution < 1.29 is 36.3 Å². The third kappa shape index (κ3) is 8.23. The molecule has 0 fully saturated rings. The number of ether oxygens (including phenoxy) is 1. The predicted molar refractivity (Wildman–Crippen MR) is 57.3 cm³/mol. The second kappa shape index (κ2) is 6.48. The van der Waals surface area contributed by atoms with Gasteiger partial charge in [-0.15, -0.1) is 0 Å². The lowest BCUT2D eigenvalue weighted by molar-refractivity contribution is -0.873. The number of esters is 1. The van der Waals surface area contributed by atoms with Crippen molar-refractivity contribution in [1.82, 2.24) is 0 Å². The molecule has 1 atom stereocenters. The molecule has 0 aliphatic carbocycles. The maximum atomic E-state index is 11.6. The summed E-state index contributed by atoms with van der Waals surface area (Å²) in [5.41, 5.74) is 0. The smallest absolute Gasteiger partial charge is 0.306 e. The summed E-state index contributed by atoms with van der Waals surface area (Å²) in [5, 5.41) is 10.9. The Labute approximate surface area is 109 Å². The SMILES string of the molecule is [2H]C([2H])([2H])[N+](C[C@@H](CC(=O)[O-])OC(=O)CCC)(C([2H])([2H])[2H])C([2H])([2H])[2H]. The number of likely N-dealkylation sites (N-methyl/N-ethyl adjacent to an activating group) is 1. The Balaban J connectivity index is 6.07. The maximum Gasteiger partial charge on any atom is 0.306 e. The number of carbonyl (C=O) groups is 2. The Hall–Kier alpha value is -1.10. The molecule has 0 unspecified atom stereocenters. The normalized spacial score (nSPS) is 23.9. The number of hydrogen-bond donors (Lipinski definition) is 0. The molecule has 94 valence electrons. The number of quaternary nitrogens is 1. The molecule has 0 saturated heterocycles. The molecule has 0 spiro atoms. The molecule has 0 aromatic rings. The van der Waals surface area contributed by atoms with Crippen LogP contribution in [0.15, 0.2) is 0 Å². The Bertz CT molecular complexity index is 447. The first-order valence-corrected chi connectivity index (χ1v) is 4.77. The Morgan fingerprint density at radius 1 is 1.44 bits per heavy atom. The fourth-order valence-corrected chi connectivity index (χ4v) is 1.08. The minimum absolute atomic E-state index is 0.126. The van der Waals surface area contributed by atoms with Crippen molar-refractivity contribution in [1.29, 1.82) is 0 Å².